The van der Waals surface area contributed by atoms with Crippen LogP contribution < -0.4 is 5.32 Å². The number of aryl methyl sites for hydroxylation is 1. The largest absolute Gasteiger partial charge is 0.370 e. The molecule has 1 fully saturated rings. The highest BCUT2D eigenvalue weighted by molar-refractivity contribution is 5.46. The SMILES string of the molecule is Cc1cc(NCC2CCCC(C)C2)ncc1[N+](=O)[O-]. The molecule has 19 heavy (non-hydrogen) atoms. The summed E-state index contributed by atoms with van der Waals surface area (Å²) in [4.78, 5) is 14.4. The fourth-order valence-corrected chi connectivity index (χ4v) is 2.83. The number of nitro groups is 1. The quantitative estimate of drug-likeness (QED) is 0.666. The third-order valence-electron chi connectivity index (χ3n) is 3.90. The lowest BCUT2D eigenvalue weighted by Gasteiger charge is -2.26. The second-order valence-electron chi connectivity index (χ2n) is 5.63. The van der Waals surface area contributed by atoms with Crippen LogP contribution in [0.1, 0.15) is 38.2 Å². The van der Waals surface area contributed by atoms with E-state index < -0.39 is 4.92 Å². The van der Waals surface area contributed by atoms with E-state index in [2.05, 4.69) is 17.2 Å². The zero-order valence-corrected chi connectivity index (χ0v) is 11.6. The van der Waals surface area contributed by atoms with E-state index in [9.17, 15) is 10.1 Å². The van der Waals surface area contributed by atoms with Crippen molar-refractivity contribution in [2.45, 2.75) is 39.5 Å². The van der Waals surface area contributed by atoms with Gasteiger partial charge in [0.25, 0.3) is 5.69 Å². The molecule has 5 heteroatoms. The summed E-state index contributed by atoms with van der Waals surface area (Å²) in [5.74, 6) is 2.24. The predicted molar refractivity (Wildman–Crippen MR) is 75.2 cm³/mol. The third-order valence-corrected chi connectivity index (χ3v) is 3.90. The standard InChI is InChI=1S/C14H21N3O2/c1-10-4-3-5-12(6-10)8-15-14-7-11(2)13(9-16-14)17(18)19/h7,9-10,12H,3-6,8H2,1-2H3,(H,15,16). The summed E-state index contributed by atoms with van der Waals surface area (Å²) in [6, 6.07) is 1.75. The van der Waals surface area contributed by atoms with E-state index in [0.29, 0.717) is 11.5 Å². The molecular formula is C14H21N3O2. The van der Waals surface area contributed by atoms with Gasteiger partial charge in [-0.25, -0.2) is 4.98 Å². The van der Waals surface area contributed by atoms with Gasteiger partial charge in [0, 0.05) is 12.1 Å². The number of rotatable bonds is 4. The summed E-state index contributed by atoms with van der Waals surface area (Å²) < 4.78 is 0. The minimum Gasteiger partial charge on any atom is -0.370 e. The van der Waals surface area contributed by atoms with E-state index >= 15 is 0 Å². The van der Waals surface area contributed by atoms with Gasteiger partial charge in [-0.2, -0.15) is 0 Å². The molecule has 0 amide bonds. The van der Waals surface area contributed by atoms with E-state index in [-0.39, 0.29) is 5.69 Å². The Labute approximate surface area is 113 Å². The highest BCUT2D eigenvalue weighted by Gasteiger charge is 2.19. The molecule has 2 unspecified atom stereocenters. The van der Waals surface area contributed by atoms with Crippen molar-refractivity contribution < 1.29 is 4.92 Å². The smallest absolute Gasteiger partial charge is 0.290 e. The van der Waals surface area contributed by atoms with Crippen molar-refractivity contribution in [1.82, 2.24) is 4.98 Å². The topological polar surface area (TPSA) is 68.1 Å². The van der Waals surface area contributed by atoms with Crippen LogP contribution in [-0.2, 0) is 0 Å². The average Bonchev–Trinajstić information content (AvgIpc) is 2.36. The van der Waals surface area contributed by atoms with Crippen LogP contribution in [0.3, 0.4) is 0 Å². The second kappa shape index (κ2) is 5.99. The first-order chi connectivity index (χ1) is 9.06. The molecule has 1 aromatic rings. The van der Waals surface area contributed by atoms with Gasteiger partial charge in [-0.05, 0) is 37.7 Å². The van der Waals surface area contributed by atoms with Gasteiger partial charge in [0.15, 0.2) is 0 Å². The average molecular weight is 263 g/mol. The van der Waals surface area contributed by atoms with E-state index in [0.717, 1.165) is 18.3 Å². The van der Waals surface area contributed by atoms with Crippen LogP contribution in [0.4, 0.5) is 11.5 Å². The lowest BCUT2D eigenvalue weighted by molar-refractivity contribution is -0.385. The maximum Gasteiger partial charge on any atom is 0.290 e. The maximum atomic E-state index is 10.7. The van der Waals surface area contributed by atoms with Gasteiger partial charge in [-0.3, -0.25) is 10.1 Å². The summed E-state index contributed by atoms with van der Waals surface area (Å²) in [6.45, 7) is 4.96. The molecule has 104 valence electrons. The lowest BCUT2D eigenvalue weighted by Crippen LogP contribution is -2.21. The summed E-state index contributed by atoms with van der Waals surface area (Å²) >= 11 is 0. The Balaban J connectivity index is 1.92. The summed E-state index contributed by atoms with van der Waals surface area (Å²) in [7, 11) is 0. The van der Waals surface area contributed by atoms with E-state index in [1.165, 1.54) is 31.9 Å². The van der Waals surface area contributed by atoms with Crippen molar-refractivity contribution in [3.8, 4) is 0 Å². The maximum absolute atomic E-state index is 10.7. The zero-order chi connectivity index (χ0) is 13.8. The normalized spacial score (nSPS) is 23.1. The molecule has 1 aromatic heterocycles. The van der Waals surface area contributed by atoms with Crippen molar-refractivity contribution in [2.24, 2.45) is 11.8 Å². The van der Waals surface area contributed by atoms with E-state index in [4.69, 9.17) is 0 Å². The van der Waals surface area contributed by atoms with Gasteiger partial charge in [0.05, 0.1) is 4.92 Å². The number of aromatic nitrogens is 1. The molecule has 2 rings (SSSR count). The van der Waals surface area contributed by atoms with Gasteiger partial charge in [-0.1, -0.05) is 19.8 Å². The Morgan fingerprint density at radius 3 is 2.95 bits per heavy atom. The Bertz CT molecular complexity index is 462. The molecule has 2 atom stereocenters. The fourth-order valence-electron chi connectivity index (χ4n) is 2.83. The monoisotopic (exact) mass is 263 g/mol. The number of hydrogen-bond donors (Lipinski definition) is 1. The molecule has 1 aliphatic rings. The van der Waals surface area contributed by atoms with Crippen molar-refractivity contribution in [2.75, 3.05) is 11.9 Å². The first-order valence-corrected chi connectivity index (χ1v) is 6.91. The molecule has 5 nitrogen and oxygen atoms in total. The Morgan fingerprint density at radius 1 is 1.53 bits per heavy atom. The Kier molecular flexibility index (Phi) is 4.35. The predicted octanol–water partition coefficient (Wildman–Crippen LogP) is 3.54. The molecule has 0 aliphatic heterocycles. The number of pyridine rings is 1. The second-order valence-corrected chi connectivity index (χ2v) is 5.63. The Hall–Kier alpha value is -1.65. The van der Waals surface area contributed by atoms with Gasteiger partial charge in [0.1, 0.15) is 12.0 Å². The number of nitrogens with one attached hydrogen (secondary N) is 1. The first-order valence-electron chi connectivity index (χ1n) is 6.91. The van der Waals surface area contributed by atoms with Crippen molar-refractivity contribution >= 4 is 11.5 Å². The summed E-state index contributed by atoms with van der Waals surface area (Å²) in [5, 5.41) is 14.0. The Morgan fingerprint density at radius 2 is 2.32 bits per heavy atom. The van der Waals surface area contributed by atoms with Crippen LogP contribution in [0.15, 0.2) is 12.3 Å². The highest BCUT2D eigenvalue weighted by Crippen LogP contribution is 2.28. The molecule has 1 heterocycles. The third kappa shape index (κ3) is 3.66. The fraction of sp³-hybridized carbons (Fsp3) is 0.643. The van der Waals surface area contributed by atoms with Crippen LogP contribution in [0.25, 0.3) is 0 Å². The molecule has 1 N–H and O–H groups in total. The first kappa shape index (κ1) is 13.8. The van der Waals surface area contributed by atoms with E-state index in [1.54, 1.807) is 13.0 Å². The van der Waals surface area contributed by atoms with Crippen molar-refractivity contribution in [3.63, 3.8) is 0 Å². The molecule has 0 radical (unpaired) electrons. The molecule has 1 aliphatic carbocycles. The number of anilines is 1. The molecule has 0 spiro atoms. The van der Waals surface area contributed by atoms with Crippen LogP contribution in [0.2, 0.25) is 0 Å². The van der Waals surface area contributed by atoms with Gasteiger partial charge >= 0.3 is 0 Å². The molecular weight excluding hydrogens is 242 g/mol. The molecule has 1 saturated carbocycles. The minimum absolute atomic E-state index is 0.0804. The lowest BCUT2D eigenvalue weighted by atomic mass is 9.82. The number of hydrogen-bond acceptors (Lipinski definition) is 4. The van der Waals surface area contributed by atoms with Crippen molar-refractivity contribution in [3.05, 3.63) is 27.9 Å². The molecule has 0 saturated heterocycles. The van der Waals surface area contributed by atoms with Gasteiger partial charge in [-0.15, -0.1) is 0 Å². The highest BCUT2D eigenvalue weighted by atomic mass is 16.6. The van der Waals surface area contributed by atoms with Crippen LogP contribution in [0, 0.1) is 28.9 Å². The minimum atomic E-state index is -0.394. The van der Waals surface area contributed by atoms with Crippen LogP contribution >= 0.6 is 0 Å². The van der Waals surface area contributed by atoms with Gasteiger partial charge in [0.2, 0.25) is 0 Å². The molecule has 0 aromatic carbocycles. The molecule has 0 bridgehead atoms. The summed E-state index contributed by atoms with van der Waals surface area (Å²) in [6.07, 6.45) is 6.51. The van der Waals surface area contributed by atoms with Gasteiger partial charge < -0.3 is 5.32 Å². The zero-order valence-electron chi connectivity index (χ0n) is 11.6. The van der Waals surface area contributed by atoms with Crippen LogP contribution in [-0.4, -0.2) is 16.5 Å². The summed E-state index contributed by atoms with van der Waals surface area (Å²) in [5.41, 5.74) is 0.733. The van der Waals surface area contributed by atoms with Crippen LogP contribution in [0.5, 0.6) is 0 Å². The van der Waals surface area contributed by atoms with E-state index in [1.807, 2.05) is 0 Å². The van der Waals surface area contributed by atoms with Crippen molar-refractivity contribution in [1.29, 1.82) is 0 Å². The number of nitrogens with zero attached hydrogens (tertiary/aromatic N) is 2.